The van der Waals surface area contributed by atoms with Gasteiger partial charge in [-0.25, -0.2) is 0 Å². The Balaban J connectivity index is 1.80. The van der Waals surface area contributed by atoms with Crippen LogP contribution in [0.3, 0.4) is 0 Å². The average molecular weight is 360 g/mol. The van der Waals surface area contributed by atoms with E-state index >= 15 is 0 Å². The lowest BCUT2D eigenvalue weighted by Gasteiger charge is -2.21. The van der Waals surface area contributed by atoms with Crippen molar-refractivity contribution in [3.8, 4) is 0 Å². The molecule has 1 unspecified atom stereocenters. The predicted octanol–water partition coefficient (Wildman–Crippen LogP) is 2.29. The second-order valence-electron chi connectivity index (χ2n) is 7.46. The Bertz CT molecular complexity index is 557. The van der Waals surface area contributed by atoms with Crippen molar-refractivity contribution in [1.82, 2.24) is 20.4 Å². The molecule has 5 nitrogen and oxygen atoms in total. The fourth-order valence-corrected chi connectivity index (χ4v) is 3.31. The minimum Gasteiger partial charge on any atom is -0.357 e. The molecule has 0 radical (unpaired) electrons. The topological polar surface area (TPSA) is 42.9 Å². The summed E-state index contributed by atoms with van der Waals surface area (Å²) in [4.78, 5) is 9.77. The van der Waals surface area contributed by atoms with Crippen LogP contribution in [-0.2, 0) is 0 Å². The Morgan fingerprint density at radius 2 is 2.04 bits per heavy atom. The van der Waals surface area contributed by atoms with Crippen molar-refractivity contribution < 1.29 is 0 Å². The van der Waals surface area contributed by atoms with Gasteiger partial charge < -0.3 is 20.4 Å². The van der Waals surface area contributed by atoms with E-state index < -0.39 is 0 Å². The average Bonchev–Trinajstić information content (AvgIpc) is 2.83. The van der Waals surface area contributed by atoms with Gasteiger partial charge in [0.1, 0.15) is 0 Å². The molecule has 0 bridgehead atoms. The third-order valence-electron chi connectivity index (χ3n) is 5.01. The van der Waals surface area contributed by atoms with Crippen molar-refractivity contribution >= 4 is 5.96 Å². The molecule has 1 heterocycles. The molecular formula is C21H37N5. The van der Waals surface area contributed by atoms with Crippen molar-refractivity contribution in [3.63, 3.8) is 0 Å². The summed E-state index contributed by atoms with van der Waals surface area (Å²) in [6.07, 6.45) is 1.26. The number of hydrogen-bond donors (Lipinski definition) is 2. The van der Waals surface area contributed by atoms with Crippen molar-refractivity contribution in [2.75, 3.05) is 59.4 Å². The Morgan fingerprint density at radius 1 is 1.19 bits per heavy atom. The summed E-state index contributed by atoms with van der Waals surface area (Å²) in [5, 5.41) is 6.87. The van der Waals surface area contributed by atoms with E-state index in [-0.39, 0.29) is 0 Å². The van der Waals surface area contributed by atoms with Crippen LogP contribution in [0.1, 0.15) is 37.3 Å². The van der Waals surface area contributed by atoms with Crippen LogP contribution in [0.4, 0.5) is 0 Å². The van der Waals surface area contributed by atoms with Gasteiger partial charge in [0.05, 0.1) is 0 Å². The molecule has 2 rings (SSSR count). The molecule has 1 atom stereocenters. The Labute approximate surface area is 159 Å². The summed E-state index contributed by atoms with van der Waals surface area (Å²) in [5.41, 5.74) is 2.67. The first kappa shape index (κ1) is 20.7. The third-order valence-corrected chi connectivity index (χ3v) is 5.01. The highest BCUT2D eigenvalue weighted by atomic mass is 15.2. The number of rotatable bonds is 7. The highest BCUT2D eigenvalue weighted by Gasteiger charge is 2.11. The van der Waals surface area contributed by atoms with Gasteiger partial charge in [-0.3, -0.25) is 4.99 Å². The molecule has 0 saturated carbocycles. The molecule has 5 heteroatoms. The minimum absolute atomic E-state index is 0.423. The maximum atomic E-state index is 4.80. The molecule has 1 saturated heterocycles. The zero-order chi connectivity index (χ0) is 18.8. The molecule has 26 heavy (non-hydrogen) atoms. The van der Waals surface area contributed by atoms with Crippen LogP contribution in [-0.4, -0.2) is 75.2 Å². The van der Waals surface area contributed by atoms with E-state index in [2.05, 4.69) is 72.5 Å². The van der Waals surface area contributed by atoms with Crippen molar-refractivity contribution in [1.29, 1.82) is 0 Å². The van der Waals surface area contributed by atoms with Crippen LogP contribution in [0, 0.1) is 6.92 Å². The lowest BCUT2D eigenvalue weighted by molar-refractivity contribution is 0.280. The van der Waals surface area contributed by atoms with Crippen LogP contribution >= 0.6 is 0 Å². The van der Waals surface area contributed by atoms with E-state index in [1.165, 1.54) is 37.2 Å². The van der Waals surface area contributed by atoms with Crippen LogP contribution < -0.4 is 10.6 Å². The van der Waals surface area contributed by atoms with E-state index in [1.807, 2.05) is 0 Å². The van der Waals surface area contributed by atoms with Gasteiger partial charge >= 0.3 is 0 Å². The Hall–Kier alpha value is -1.59. The van der Waals surface area contributed by atoms with Gasteiger partial charge in [-0.2, -0.15) is 0 Å². The molecule has 0 aliphatic carbocycles. The summed E-state index contributed by atoms with van der Waals surface area (Å²) in [5.74, 6) is 1.35. The van der Waals surface area contributed by atoms with Crippen LogP contribution in [0.15, 0.2) is 29.3 Å². The first-order chi connectivity index (χ1) is 12.6. The number of aryl methyl sites for hydroxylation is 1. The smallest absolute Gasteiger partial charge is 0.191 e. The summed E-state index contributed by atoms with van der Waals surface area (Å²) >= 11 is 0. The van der Waals surface area contributed by atoms with E-state index in [0.717, 1.165) is 38.7 Å². The van der Waals surface area contributed by atoms with Gasteiger partial charge in [0.15, 0.2) is 5.96 Å². The van der Waals surface area contributed by atoms with E-state index in [4.69, 9.17) is 4.99 Å². The number of nitrogens with one attached hydrogen (secondary N) is 2. The van der Waals surface area contributed by atoms with Gasteiger partial charge in [-0.1, -0.05) is 36.8 Å². The van der Waals surface area contributed by atoms with Crippen LogP contribution in [0.5, 0.6) is 0 Å². The monoisotopic (exact) mass is 359 g/mol. The van der Waals surface area contributed by atoms with Crippen molar-refractivity contribution in [3.05, 3.63) is 35.4 Å². The molecule has 0 amide bonds. The lowest BCUT2D eigenvalue weighted by Crippen LogP contribution is -2.42. The predicted molar refractivity (Wildman–Crippen MR) is 112 cm³/mol. The lowest BCUT2D eigenvalue weighted by atomic mass is 10.00. The molecule has 1 aromatic carbocycles. The third kappa shape index (κ3) is 7.34. The first-order valence-electron chi connectivity index (χ1n) is 10.1. The zero-order valence-electron chi connectivity index (χ0n) is 17.1. The Morgan fingerprint density at radius 3 is 2.81 bits per heavy atom. The van der Waals surface area contributed by atoms with E-state index in [9.17, 15) is 0 Å². The van der Waals surface area contributed by atoms with Crippen LogP contribution in [0.25, 0.3) is 0 Å². The number of benzene rings is 1. The van der Waals surface area contributed by atoms with Gasteiger partial charge in [-0.15, -0.1) is 0 Å². The maximum Gasteiger partial charge on any atom is 0.191 e. The molecular weight excluding hydrogens is 322 g/mol. The van der Waals surface area contributed by atoms with Crippen LogP contribution in [0.2, 0.25) is 0 Å². The summed E-state index contributed by atoms with van der Waals surface area (Å²) in [6, 6.07) is 8.74. The second-order valence-corrected chi connectivity index (χ2v) is 7.46. The largest absolute Gasteiger partial charge is 0.357 e. The van der Waals surface area contributed by atoms with E-state index in [1.54, 1.807) is 0 Å². The van der Waals surface area contributed by atoms with Gasteiger partial charge in [0, 0.05) is 45.2 Å². The molecule has 1 aliphatic heterocycles. The maximum absolute atomic E-state index is 4.80. The fourth-order valence-electron chi connectivity index (χ4n) is 3.31. The molecule has 1 fully saturated rings. The number of aliphatic imine (C=N–C) groups is 1. The zero-order valence-corrected chi connectivity index (χ0v) is 17.1. The standard InChI is InChI=1S/C21H37N5/c1-5-22-21(23-10-13-26-12-7-11-25(4)14-15-26)24-17-19(3)20-9-6-8-18(2)16-20/h6,8-9,16,19H,5,7,10-15,17H2,1-4H3,(H2,22,23,24). The Kier molecular flexibility index (Phi) is 8.92. The van der Waals surface area contributed by atoms with Gasteiger partial charge in [0.2, 0.25) is 0 Å². The highest BCUT2D eigenvalue weighted by Crippen LogP contribution is 2.16. The van der Waals surface area contributed by atoms with Gasteiger partial charge in [-0.05, 0) is 46.0 Å². The second kappa shape index (κ2) is 11.2. The summed E-state index contributed by atoms with van der Waals surface area (Å²) < 4.78 is 0. The molecule has 146 valence electrons. The molecule has 1 aromatic rings. The molecule has 0 spiro atoms. The number of guanidine groups is 1. The SMILES string of the molecule is CCNC(=NCC(C)c1cccc(C)c1)NCCN1CCCN(C)CC1. The van der Waals surface area contributed by atoms with Crippen molar-refractivity contribution in [2.45, 2.75) is 33.1 Å². The number of nitrogens with zero attached hydrogens (tertiary/aromatic N) is 3. The summed E-state index contributed by atoms with van der Waals surface area (Å²) in [7, 11) is 2.22. The number of likely N-dealkylation sites (N-methyl/N-ethyl adjacent to an activating group) is 1. The normalized spacial score (nSPS) is 18.4. The van der Waals surface area contributed by atoms with Crippen molar-refractivity contribution in [2.24, 2.45) is 4.99 Å². The van der Waals surface area contributed by atoms with Gasteiger partial charge in [0.25, 0.3) is 0 Å². The summed E-state index contributed by atoms with van der Waals surface area (Å²) in [6.45, 7) is 15.0. The fraction of sp³-hybridized carbons (Fsp3) is 0.667. The number of hydrogen-bond acceptors (Lipinski definition) is 3. The molecule has 2 N–H and O–H groups in total. The van der Waals surface area contributed by atoms with E-state index in [0.29, 0.717) is 5.92 Å². The molecule has 1 aliphatic rings. The quantitative estimate of drug-likeness (QED) is 0.579. The molecule has 0 aromatic heterocycles. The first-order valence-corrected chi connectivity index (χ1v) is 10.1. The minimum atomic E-state index is 0.423. The highest BCUT2D eigenvalue weighted by molar-refractivity contribution is 5.79.